The van der Waals surface area contributed by atoms with E-state index >= 15 is 0 Å². The van der Waals surface area contributed by atoms with Crippen molar-refractivity contribution in [2.24, 2.45) is 0 Å². The maximum atomic E-state index is 2.42. The Labute approximate surface area is 154 Å². The van der Waals surface area contributed by atoms with E-state index in [0.29, 0.717) is 0 Å². The van der Waals surface area contributed by atoms with Crippen LogP contribution in [0.15, 0.2) is 103 Å². The predicted octanol–water partition coefficient (Wildman–Crippen LogP) is 6.67. The first-order valence-corrected chi connectivity index (χ1v) is 9.01. The highest BCUT2D eigenvalue weighted by atomic mass is 15.1. The molecular weight excluding hydrogens is 314 g/mol. The second-order valence-corrected chi connectivity index (χ2v) is 6.64. The standard InChI is InChI=1S/C25H19N/c1-3-10-19(11-4-1)21-15-9-16-22-23-14-7-8-17-25(23)26(18-24(21)22)20-12-5-2-6-13-20/h1-17H,18H2. The molecule has 0 aliphatic carbocycles. The number of para-hydroxylation sites is 2. The fourth-order valence-corrected chi connectivity index (χ4v) is 3.92. The van der Waals surface area contributed by atoms with Gasteiger partial charge >= 0.3 is 0 Å². The van der Waals surface area contributed by atoms with Crippen molar-refractivity contribution in [2.45, 2.75) is 6.54 Å². The largest absolute Gasteiger partial charge is 0.336 e. The van der Waals surface area contributed by atoms with Gasteiger partial charge in [0.25, 0.3) is 0 Å². The third kappa shape index (κ3) is 2.41. The van der Waals surface area contributed by atoms with Crippen LogP contribution >= 0.6 is 0 Å². The summed E-state index contributed by atoms with van der Waals surface area (Å²) in [7, 11) is 0. The van der Waals surface area contributed by atoms with E-state index in [4.69, 9.17) is 0 Å². The fraction of sp³-hybridized carbons (Fsp3) is 0.0400. The smallest absolute Gasteiger partial charge is 0.0494 e. The quantitative estimate of drug-likeness (QED) is 0.396. The number of nitrogens with zero attached hydrogens (tertiary/aromatic N) is 1. The molecule has 1 nitrogen and oxygen atoms in total. The third-order valence-electron chi connectivity index (χ3n) is 5.13. The second kappa shape index (κ2) is 6.20. The average molecular weight is 333 g/mol. The molecule has 26 heavy (non-hydrogen) atoms. The Balaban J connectivity index is 1.75. The molecule has 0 bridgehead atoms. The zero-order valence-corrected chi connectivity index (χ0v) is 14.5. The Bertz CT molecular complexity index is 1040. The molecule has 1 aliphatic heterocycles. The van der Waals surface area contributed by atoms with Crippen LogP contribution in [-0.2, 0) is 6.54 Å². The van der Waals surface area contributed by atoms with Gasteiger partial charge in [0.2, 0.25) is 0 Å². The van der Waals surface area contributed by atoms with Crippen molar-refractivity contribution >= 4 is 11.4 Å². The van der Waals surface area contributed by atoms with Crippen molar-refractivity contribution < 1.29 is 0 Å². The Morgan fingerprint density at radius 1 is 0.500 bits per heavy atom. The molecule has 0 unspecified atom stereocenters. The van der Waals surface area contributed by atoms with E-state index in [1.54, 1.807) is 0 Å². The van der Waals surface area contributed by atoms with E-state index in [-0.39, 0.29) is 0 Å². The summed E-state index contributed by atoms with van der Waals surface area (Å²) in [6.45, 7) is 0.876. The zero-order chi connectivity index (χ0) is 17.3. The van der Waals surface area contributed by atoms with Gasteiger partial charge in [-0.2, -0.15) is 0 Å². The molecule has 1 heterocycles. The summed E-state index contributed by atoms with van der Waals surface area (Å²) < 4.78 is 0. The molecule has 0 aromatic heterocycles. The molecule has 4 aromatic carbocycles. The van der Waals surface area contributed by atoms with Crippen molar-refractivity contribution in [1.82, 2.24) is 0 Å². The molecule has 5 rings (SSSR count). The van der Waals surface area contributed by atoms with Crippen LogP contribution in [-0.4, -0.2) is 0 Å². The van der Waals surface area contributed by atoms with Crippen molar-refractivity contribution in [1.29, 1.82) is 0 Å². The Morgan fingerprint density at radius 2 is 1.12 bits per heavy atom. The maximum absolute atomic E-state index is 2.42. The van der Waals surface area contributed by atoms with Crippen molar-refractivity contribution in [2.75, 3.05) is 4.90 Å². The summed E-state index contributed by atoms with van der Waals surface area (Å²) in [6.07, 6.45) is 0. The molecule has 0 radical (unpaired) electrons. The van der Waals surface area contributed by atoms with Crippen LogP contribution in [0.1, 0.15) is 5.56 Å². The average Bonchev–Trinajstić information content (AvgIpc) is 2.74. The minimum Gasteiger partial charge on any atom is -0.336 e. The van der Waals surface area contributed by atoms with E-state index in [2.05, 4.69) is 108 Å². The number of fused-ring (bicyclic) bond motifs is 3. The van der Waals surface area contributed by atoms with Gasteiger partial charge in [0.15, 0.2) is 0 Å². The van der Waals surface area contributed by atoms with Gasteiger partial charge in [-0.1, -0.05) is 84.9 Å². The van der Waals surface area contributed by atoms with E-state index < -0.39 is 0 Å². The minimum absolute atomic E-state index is 0.876. The summed E-state index contributed by atoms with van der Waals surface area (Å²) in [5.41, 5.74) is 9.13. The van der Waals surface area contributed by atoms with E-state index in [9.17, 15) is 0 Å². The number of hydrogen-bond donors (Lipinski definition) is 0. The van der Waals surface area contributed by atoms with Gasteiger partial charge in [0.1, 0.15) is 0 Å². The summed E-state index contributed by atoms with van der Waals surface area (Å²) in [5, 5.41) is 0. The molecule has 0 N–H and O–H groups in total. The molecule has 4 aromatic rings. The highest BCUT2D eigenvalue weighted by molar-refractivity contribution is 5.90. The Morgan fingerprint density at radius 3 is 1.92 bits per heavy atom. The lowest BCUT2D eigenvalue weighted by atomic mass is 9.87. The lowest BCUT2D eigenvalue weighted by Gasteiger charge is -2.34. The first kappa shape index (κ1) is 15.0. The van der Waals surface area contributed by atoms with Gasteiger partial charge in [-0.05, 0) is 40.5 Å². The predicted molar refractivity (Wildman–Crippen MR) is 110 cm³/mol. The van der Waals surface area contributed by atoms with Crippen molar-refractivity contribution in [3.8, 4) is 22.3 Å². The Kier molecular flexibility index (Phi) is 3.57. The van der Waals surface area contributed by atoms with Gasteiger partial charge in [-0.15, -0.1) is 0 Å². The van der Waals surface area contributed by atoms with Crippen LogP contribution in [0.5, 0.6) is 0 Å². The van der Waals surface area contributed by atoms with E-state index in [1.807, 2.05) is 0 Å². The van der Waals surface area contributed by atoms with Crippen LogP contribution in [0, 0.1) is 0 Å². The molecular formula is C25H19N. The van der Waals surface area contributed by atoms with Gasteiger partial charge < -0.3 is 4.90 Å². The SMILES string of the molecule is c1ccc(-c2cccc3c2CN(c2ccccc2)c2ccccc2-3)cc1. The third-order valence-corrected chi connectivity index (χ3v) is 5.13. The van der Waals surface area contributed by atoms with Crippen LogP contribution in [0.25, 0.3) is 22.3 Å². The Hall–Kier alpha value is -3.32. The summed E-state index contributed by atoms with van der Waals surface area (Å²) in [4.78, 5) is 2.42. The molecule has 0 saturated carbocycles. The second-order valence-electron chi connectivity index (χ2n) is 6.64. The first-order chi connectivity index (χ1) is 12.9. The van der Waals surface area contributed by atoms with Crippen LogP contribution in [0.2, 0.25) is 0 Å². The fourth-order valence-electron chi connectivity index (χ4n) is 3.92. The molecule has 124 valence electrons. The maximum Gasteiger partial charge on any atom is 0.0494 e. The van der Waals surface area contributed by atoms with Crippen LogP contribution in [0.3, 0.4) is 0 Å². The highest BCUT2D eigenvalue weighted by Gasteiger charge is 2.24. The topological polar surface area (TPSA) is 3.24 Å². The van der Waals surface area contributed by atoms with Gasteiger partial charge in [0.05, 0.1) is 0 Å². The lowest BCUT2D eigenvalue weighted by molar-refractivity contribution is 0.963. The minimum atomic E-state index is 0.876. The van der Waals surface area contributed by atoms with E-state index in [1.165, 1.54) is 39.2 Å². The summed E-state index contributed by atoms with van der Waals surface area (Å²) >= 11 is 0. The molecule has 0 spiro atoms. The number of hydrogen-bond acceptors (Lipinski definition) is 1. The summed E-state index contributed by atoms with van der Waals surface area (Å²) in [5.74, 6) is 0. The van der Waals surface area contributed by atoms with Crippen molar-refractivity contribution in [3.05, 3.63) is 109 Å². The van der Waals surface area contributed by atoms with Crippen molar-refractivity contribution in [3.63, 3.8) is 0 Å². The molecule has 0 amide bonds. The van der Waals surface area contributed by atoms with Gasteiger partial charge in [0, 0.05) is 23.5 Å². The van der Waals surface area contributed by atoms with Gasteiger partial charge in [-0.3, -0.25) is 0 Å². The molecule has 0 fully saturated rings. The normalized spacial score (nSPS) is 12.4. The first-order valence-electron chi connectivity index (χ1n) is 9.01. The number of rotatable bonds is 2. The van der Waals surface area contributed by atoms with Crippen LogP contribution < -0.4 is 4.90 Å². The van der Waals surface area contributed by atoms with E-state index in [0.717, 1.165) is 6.54 Å². The zero-order valence-electron chi connectivity index (χ0n) is 14.5. The highest BCUT2D eigenvalue weighted by Crippen LogP contribution is 2.45. The number of anilines is 2. The summed E-state index contributed by atoms with van der Waals surface area (Å²) in [6, 6.07) is 36.7. The molecule has 0 atom stereocenters. The van der Waals surface area contributed by atoms with Crippen LogP contribution in [0.4, 0.5) is 11.4 Å². The monoisotopic (exact) mass is 333 g/mol. The molecule has 1 heteroatoms. The molecule has 1 aliphatic rings. The molecule has 0 saturated heterocycles. The van der Waals surface area contributed by atoms with Gasteiger partial charge in [-0.25, -0.2) is 0 Å². The number of benzene rings is 4. The lowest BCUT2D eigenvalue weighted by Crippen LogP contribution is -2.22.